The minimum atomic E-state index is -0.539. The average Bonchev–Trinajstić information content (AvgIpc) is 2.47. The predicted molar refractivity (Wildman–Crippen MR) is 82.0 cm³/mol. The smallest absolute Gasteiger partial charge is 0.269 e. The summed E-state index contributed by atoms with van der Waals surface area (Å²) in [6.07, 6.45) is 0.783. The molecule has 0 saturated heterocycles. The molecule has 2 N–H and O–H groups in total. The van der Waals surface area contributed by atoms with E-state index in [4.69, 9.17) is 0 Å². The number of non-ortho nitro benzene ring substituents is 1. The molecule has 116 valence electrons. The van der Waals surface area contributed by atoms with Gasteiger partial charge in [0.05, 0.1) is 10.3 Å². The van der Waals surface area contributed by atoms with Crippen LogP contribution in [0.2, 0.25) is 0 Å². The van der Waals surface area contributed by atoms with Crippen LogP contribution in [0.15, 0.2) is 24.3 Å². The lowest BCUT2D eigenvalue weighted by Crippen LogP contribution is -2.42. The molecule has 0 aliphatic rings. The summed E-state index contributed by atoms with van der Waals surface area (Å²) < 4.78 is 0. The standard InChI is InChI=1S/C15H23N3O3/c1-5-13(17-10-15(2,3)14(19)16-4)11-7-6-8-12(9-11)18(20)21/h6-9,13,17H,5,10H2,1-4H3,(H,16,19). The van der Waals surface area contributed by atoms with Crippen LogP contribution in [0.1, 0.15) is 38.8 Å². The third-order valence-electron chi connectivity index (χ3n) is 3.52. The lowest BCUT2D eigenvalue weighted by molar-refractivity contribution is -0.384. The van der Waals surface area contributed by atoms with Crippen LogP contribution in [0, 0.1) is 15.5 Å². The summed E-state index contributed by atoms with van der Waals surface area (Å²) in [7, 11) is 1.61. The Morgan fingerprint density at radius 2 is 2.10 bits per heavy atom. The Labute approximate surface area is 125 Å². The van der Waals surface area contributed by atoms with Gasteiger partial charge in [0, 0.05) is 31.8 Å². The topological polar surface area (TPSA) is 84.3 Å². The van der Waals surface area contributed by atoms with Gasteiger partial charge < -0.3 is 10.6 Å². The highest BCUT2D eigenvalue weighted by Crippen LogP contribution is 2.23. The van der Waals surface area contributed by atoms with Crippen LogP contribution in [0.5, 0.6) is 0 Å². The maximum absolute atomic E-state index is 11.8. The number of nitro benzene ring substituents is 1. The number of hydrogen-bond donors (Lipinski definition) is 2. The number of carbonyl (C=O) groups excluding carboxylic acids is 1. The molecule has 0 spiro atoms. The first-order chi connectivity index (χ1) is 9.81. The van der Waals surface area contributed by atoms with E-state index in [0.717, 1.165) is 12.0 Å². The number of nitrogens with one attached hydrogen (secondary N) is 2. The van der Waals surface area contributed by atoms with Gasteiger partial charge in [-0.1, -0.05) is 19.1 Å². The molecule has 1 aromatic rings. The maximum atomic E-state index is 11.8. The third kappa shape index (κ3) is 4.53. The lowest BCUT2D eigenvalue weighted by atomic mass is 9.91. The Balaban J connectivity index is 2.82. The van der Waals surface area contributed by atoms with Crippen molar-refractivity contribution in [3.63, 3.8) is 0 Å². The summed E-state index contributed by atoms with van der Waals surface area (Å²) in [6.45, 7) is 6.22. The van der Waals surface area contributed by atoms with Gasteiger partial charge in [-0.25, -0.2) is 0 Å². The third-order valence-corrected chi connectivity index (χ3v) is 3.52. The fourth-order valence-corrected chi connectivity index (χ4v) is 2.15. The molecule has 0 fully saturated rings. The van der Waals surface area contributed by atoms with Gasteiger partial charge in [-0.15, -0.1) is 0 Å². The normalized spacial score (nSPS) is 12.8. The number of nitrogens with zero attached hydrogens (tertiary/aromatic N) is 1. The van der Waals surface area contributed by atoms with E-state index in [1.165, 1.54) is 6.07 Å². The minimum Gasteiger partial charge on any atom is -0.359 e. The Morgan fingerprint density at radius 3 is 2.62 bits per heavy atom. The summed E-state index contributed by atoms with van der Waals surface area (Å²) in [6, 6.07) is 6.58. The Kier molecular flexibility index (Phi) is 5.84. The van der Waals surface area contributed by atoms with Gasteiger partial charge >= 0.3 is 0 Å². The van der Waals surface area contributed by atoms with Crippen molar-refractivity contribution in [1.29, 1.82) is 0 Å². The molecule has 0 aliphatic heterocycles. The van der Waals surface area contributed by atoms with Gasteiger partial charge in [-0.05, 0) is 25.8 Å². The zero-order chi connectivity index (χ0) is 16.0. The molecule has 1 atom stereocenters. The Bertz CT molecular complexity index is 515. The van der Waals surface area contributed by atoms with E-state index in [1.54, 1.807) is 19.2 Å². The van der Waals surface area contributed by atoms with Crippen molar-refractivity contribution in [3.05, 3.63) is 39.9 Å². The van der Waals surface area contributed by atoms with Crippen LogP contribution in [-0.4, -0.2) is 24.4 Å². The average molecular weight is 293 g/mol. The fourth-order valence-electron chi connectivity index (χ4n) is 2.15. The van der Waals surface area contributed by atoms with Gasteiger partial charge in [0.1, 0.15) is 0 Å². The molecule has 6 nitrogen and oxygen atoms in total. The van der Waals surface area contributed by atoms with Crippen LogP contribution in [0.3, 0.4) is 0 Å². The van der Waals surface area contributed by atoms with Crippen molar-refractivity contribution in [2.45, 2.75) is 33.2 Å². The zero-order valence-corrected chi connectivity index (χ0v) is 13.0. The zero-order valence-electron chi connectivity index (χ0n) is 13.0. The monoisotopic (exact) mass is 293 g/mol. The molecule has 0 aromatic heterocycles. The second-order valence-corrected chi connectivity index (χ2v) is 5.66. The molecule has 6 heteroatoms. The van der Waals surface area contributed by atoms with Gasteiger partial charge in [-0.2, -0.15) is 0 Å². The summed E-state index contributed by atoms with van der Waals surface area (Å²) in [5, 5.41) is 16.8. The van der Waals surface area contributed by atoms with Crippen LogP contribution in [0.4, 0.5) is 5.69 Å². The molecule has 1 amide bonds. The van der Waals surface area contributed by atoms with E-state index in [9.17, 15) is 14.9 Å². The van der Waals surface area contributed by atoms with Gasteiger partial charge in [0.2, 0.25) is 5.91 Å². The van der Waals surface area contributed by atoms with Crippen molar-refractivity contribution in [2.24, 2.45) is 5.41 Å². The van der Waals surface area contributed by atoms with Crippen molar-refractivity contribution in [2.75, 3.05) is 13.6 Å². The van der Waals surface area contributed by atoms with Gasteiger partial charge in [-0.3, -0.25) is 14.9 Å². The molecule has 0 radical (unpaired) electrons. The van der Waals surface area contributed by atoms with Gasteiger partial charge in [0.15, 0.2) is 0 Å². The number of amides is 1. The van der Waals surface area contributed by atoms with Crippen molar-refractivity contribution in [3.8, 4) is 0 Å². The molecular formula is C15H23N3O3. The maximum Gasteiger partial charge on any atom is 0.269 e. The van der Waals surface area contributed by atoms with Crippen LogP contribution in [-0.2, 0) is 4.79 Å². The van der Waals surface area contributed by atoms with E-state index in [1.807, 2.05) is 26.8 Å². The number of carbonyl (C=O) groups is 1. The first kappa shape index (κ1) is 17.1. The first-order valence-corrected chi connectivity index (χ1v) is 7.01. The largest absolute Gasteiger partial charge is 0.359 e. The SMILES string of the molecule is CCC(NCC(C)(C)C(=O)NC)c1cccc([N+](=O)[O-])c1. The Morgan fingerprint density at radius 1 is 1.43 bits per heavy atom. The second kappa shape index (κ2) is 7.17. The summed E-state index contributed by atoms with van der Waals surface area (Å²) in [4.78, 5) is 22.2. The molecule has 0 bridgehead atoms. The molecule has 21 heavy (non-hydrogen) atoms. The van der Waals surface area contributed by atoms with E-state index in [-0.39, 0.29) is 17.6 Å². The van der Waals surface area contributed by atoms with E-state index in [0.29, 0.717) is 6.54 Å². The predicted octanol–water partition coefficient (Wildman–Crippen LogP) is 2.41. The highest BCUT2D eigenvalue weighted by molar-refractivity contribution is 5.81. The van der Waals surface area contributed by atoms with E-state index >= 15 is 0 Å². The molecule has 0 heterocycles. The van der Waals surface area contributed by atoms with Crippen molar-refractivity contribution < 1.29 is 9.72 Å². The molecular weight excluding hydrogens is 270 g/mol. The second-order valence-electron chi connectivity index (χ2n) is 5.66. The summed E-state index contributed by atoms with van der Waals surface area (Å²) >= 11 is 0. The number of nitro groups is 1. The highest BCUT2D eigenvalue weighted by Gasteiger charge is 2.27. The van der Waals surface area contributed by atoms with Crippen molar-refractivity contribution >= 4 is 11.6 Å². The lowest BCUT2D eigenvalue weighted by Gasteiger charge is -2.26. The first-order valence-electron chi connectivity index (χ1n) is 7.01. The van der Waals surface area contributed by atoms with Gasteiger partial charge in [0.25, 0.3) is 5.69 Å². The molecule has 1 unspecified atom stereocenters. The van der Waals surface area contributed by atoms with Crippen molar-refractivity contribution in [1.82, 2.24) is 10.6 Å². The molecule has 1 rings (SSSR count). The minimum absolute atomic E-state index is 0.0196. The molecule has 0 aliphatic carbocycles. The summed E-state index contributed by atoms with van der Waals surface area (Å²) in [5.74, 6) is -0.0381. The number of rotatable bonds is 7. The van der Waals surface area contributed by atoms with Crippen LogP contribution in [0.25, 0.3) is 0 Å². The Hall–Kier alpha value is -1.95. The number of benzene rings is 1. The molecule has 0 saturated carbocycles. The molecule has 1 aromatic carbocycles. The summed E-state index contributed by atoms with van der Waals surface area (Å²) in [5.41, 5.74) is 0.404. The fraction of sp³-hybridized carbons (Fsp3) is 0.533. The number of hydrogen-bond acceptors (Lipinski definition) is 4. The quantitative estimate of drug-likeness (QED) is 0.597. The van der Waals surface area contributed by atoms with Crippen LogP contribution < -0.4 is 10.6 Å². The highest BCUT2D eigenvalue weighted by atomic mass is 16.6. The van der Waals surface area contributed by atoms with Crippen LogP contribution >= 0.6 is 0 Å². The van der Waals surface area contributed by atoms with E-state index in [2.05, 4.69) is 10.6 Å². The van der Waals surface area contributed by atoms with E-state index < -0.39 is 10.3 Å².